The van der Waals surface area contributed by atoms with Crippen LogP contribution in [0.25, 0.3) is 11.1 Å². The van der Waals surface area contributed by atoms with E-state index in [-0.39, 0.29) is 11.9 Å². The minimum atomic E-state index is -0.492. The number of hydrogen-bond acceptors (Lipinski definition) is 4. The summed E-state index contributed by atoms with van der Waals surface area (Å²) in [6.07, 6.45) is 3.10. The molecule has 0 spiro atoms. The second-order valence-corrected chi connectivity index (χ2v) is 5.52. The molecule has 1 aliphatic rings. The van der Waals surface area contributed by atoms with Gasteiger partial charge in [0.05, 0.1) is 11.6 Å². The zero-order valence-corrected chi connectivity index (χ0v) is 11.9. The summed E-state index contributed by atoms with van der Waals surface area (Å²) in [5.41, 5.74) is 1.73. The third-order valence-electron chi connectivity index (χ3n) is 4.09. The van der Waals surface area contributed by atoms with Gasteiger partial charge in [0.2, 0.25) is 5.91 Å². The van der Waals surface area contributed by atoms with Crippen LogP contribution in [0.5, 0.6) is 0 Å². The molecule has 1 saturated heterocycles. The number of aromatic nitrogens is 1. The number of rotatable bonds is 3. The first-order valence-corrected chi connectivity index (χ1v) is 7.33. The molecule has 3 rings (SSSR count). The van der Waals surface area contributed by atoms with E-state index < -0.39 is 5.76 Å². The zero-order valence-electron chi connectivity index (χ0n) is 11.9. The summed E-state index contributed by atoms with van der Waals surface area (Å²) in [6.45, 7) is 3.04. The quantitative estimate of drug-likeness (QED) is 0.804. The van der Waals surface area contributed by atoms with Gasteiger partial charge in [-0.1, -0.05) is 13.3 Å². The Labute approximate surface area is 121 Å². The van der Waals surface area contributed by atoms with Gasteiger partial charge in [-0.25, -0.2) is 4.79 Å². The molecule has 1 fully saturated rings. The van der Waals surface area contributed by atoms with Crippen molar-refractivity contribution in [1.82, 2.24) is 10.3 Å². The predicted molar refractivity (Wildman–Crippen MR) is 80.3 cm³/mol. The van der Waals surface area contributed by atoms with Crippen LogP contribution in [0, 0.1) is 5.92 Å². The van der Waals surface area contributed by atoms with Crippen molar-refractivity contribution in [2.45, 2.75) is 32.2 Å². The summed E-state index contributed by atoms with van der Waals surface area (Å²) in [6, 6.07) is 4.96. The van der Waals surface area contributed by atoms with Gasteiger partial charge >= 0.3 is 5.76 Å². The van der Waals surface area contributed by atoms with Crippen LogP contribution in [0.2, 0.25) is 0 Å². The molecule has 1 aromatic heterocycles. The first-order valence-electron chi connectivity index (χ1n) is 7.33. The Morgan fingerprint density at radius 1 is 1.48 bits per heavy atom. The van der Waals surface area contributed by atoms with Crippen LogP contribution in [-0.4, -0.2) is 23.5 Å². The van der Waals surface area contributed by atoms with Gasteiger partial charge < -0.3 is 15.1 Å². The van der Waals surface area contributed by atoms with E-state index in [1.165, 1.54) is 0 Å². The molecular weight excluding hydrogens is 270 g/mol. The average molecular weight is 289 g/mol. The third-order valence-corrected chi connectivity index (χ3v) is 4.09. The van der Waals surface area contributed by atoms with Gasteiger partial charge in [-0.3, -0.25) is 9.78 Å². The van der Waals surface area contributed by atoms with Crippen molar-refractivity contribution in [3.8, 4) is 0 Å². The molecule has 112 valence electrons. The summed E-state index contributed by atoms with van der Waals surface area (Å²) in [4.78, 5) is 26.0. The van der Waals surface area contributed by atoms with E-state index >= 15 is 0 Å². The highest BCUT2D eigenvalue weighted by molar-refractivity contribution is 5.96. The molecule has 0 radical (unpaired) electrons. The first-order chi connectivity index (χ1) is 10.2. The van der Waals surface area contributed by atoms with Crippen LogP contribution >= 0.6 is 0 Å². The number of carbonyl (C=O) groups is 1. The molecule has 2 heterocycles. The molecule has 21 heavy (non-hydrogen) atoms. The molecule has 0 saturated carbocycles. The number of nitrogens with one attached hydrogen (secondary N) is 3. The highest BCUT2D eigenvalue weighted by atomic mass is 16.4. The standard InChI is InChI=1S/C15H19N3O3/c1-2-9-5-6-16-12(7-9)14(19)17-10-3-4-13-11(8-10)18-15(20)21-13/h3-4,8-9,12,16H,2,5-7H2,1H3,(H,17,19)(H,18,20). The fourth-order valence-corrected chi connectivity index (χ4v) is 2.83. The van der Waals surface area contributed by atoms with E-state index in [1.807, 2.05) is 0 Å². The summed E-state index contributed by atoms with van der Waals surface area (Å²) in [5, 5.41) is 6.15. The van der Waals surface area contributed by atoms with Gasteiger partial charge in [0.15, 0.2) is 5.58 Å². The molecule has 2 atom stereocenters. The first kappa shape index (κ1) is 13.9. The van der Waals surface area contributed by atoms with Gasteiger partial charge in [0.25, 0.3) is 0 Å². The Bertz CT molecular complexity index is 703. The Morgan fingerprint density at radius 3 is 3.14 bits per heavy atom. The number of amides is 1. The predicted octanol–water partition coefficient (Wildman–Crippen LogP) is 1.84. The summed E-state index contributed by atoms with van der Waals surface area (Å²) in [5.74, 6) is 0.0845. The molecule has 6 heteroatoms. The van der Waals surface area contributed by atoms with Crippen molar-refractivity contribution in [1.29, 1.82) is 0 Å². The van der Waals surface area contributed by atoms with Gasteiger partial charge in [-0.15, -0.1) is 0 Å². The van der Waals surface area contributed by atoms with E-state index in [2.05, 4.69) is 22.5 Å². The lowest BCUT2D eigenvalue weighted by Crippen LogP contribution is -2.46. The number of H-pyrrole nitrogens is 1. The third kappa shape index (κ3) is 3.00. The molecule has 2 aromatic rings. The summed E-state index contributed by atoms with van der Waals surface area (Å²) in [7, 11) is 0. The van der Waals surface area contributed by atoms with Crippen LogP contribution in [0.1, 0.15) is 26.2 Å². The van der Waals surface area contributed by atoms with Gasteiger partial charge in [0, 0.05) is 5.69 Å². The minimum absolute atomic E-state index is 0.0293. The van der Waals surface area contributed by atoms with Crippen molar-refractivity contribution in [3.63, 3.8) is 0 Å². The summed E-state index contributed by atoms with van der Waals surface area (Å²) >= 11 is 0. The normalized spacial score (nSPS) is 22.3. The minimum Gasteiger partial charge on any atom is -0.408 e. The lowest BCUT2D eigenvalue weighted by Gasteiger charge is -2.28. The Morgan fingerprint density at radius 2 is 2.33 bits per heavy atom. The maximum absolute atomic E-state index is 12.3. The highest BCUT2D eigenvalue weighted by Gasteiger charge is 2.25. The second-order valence-electron chi connectivity index (χ2n) is 5.52. The number of hydrogen-bond donors (Lipinski definition) is 3. The number of benzene rings is 1. The molecule has 1 aliphatic heterocycles. The van der Waals surface area contributed by atoms with Gasteiger partial charge in [-0.2, -0.15) is 0 Å². The van der Waals surface area contributed by atoms with Crippen molar-refractivity contribution >= 4 is 22.7 Å². The maximum atomic E-state index is 12.3. The van der Waals surface area contributed by atoms with E-state index in [0.29, 0.717) is 22.7 Å². The Kier molecular flexibility index (Phi) is 3.79. The SMILES string of the molecule is CCC1CCNC(C(=O)Nc2ccc3oc(=O)[nH]c3c2)C1. The number of oxazole rings is 1. The van der Waals surface area contributed by atoms with Crippen LogP contribution in [-0.2, 0) is 4.79 Å². The highest BCUT2D eigenvalue weighted by Crippen LogP contribution is 2.21. The largest absolute Gasteiger partial charge is 0.417 e. The number of aromatic amines is 1. The number of fused-ring (bicyclic) bond motifs is 1. The van der Waals surface area contributed by atoms with Crippen molar-refractivity contribution < 1.29 is 9.21 Å². The monoisotopic (exact) mass is 289 g/mol. The van der Waals surface area contributed by atoms with E-state index in [0.717, 1.165) is 25.8 Å². The molecule has 0 aliphatic carbocycles. The molecule has 1 aromatic carbocycles. The number of anilines is 1. The smallest absolute Gasteiger partial charge is 0.408 e. The fourth-order valence-electron chi connectivity index (χ4n) is 2.83. The Hall–Kier alpha value is -2.08. The lowest BCUT2D eigenvalue weighted by molar-refractivity contribution is -0.119. The van der Waals surface area contributed by atoms with Crippen LogP contribution in [0.15, 0.2) is 27.4 Å². The zero-order chi connectivity index (χ0) is 14.8. The van der Waals surface area contributed by atoms with Gasteiger partial charge in [-0.05, 0) is 43.5 Å². The van der Waals surface area contributed by atoms with Crippen LogP contribution in [0.3, 0.4) is 0 Å². The summed E-state index contributed by atoms with van der Waals surface area (Å²) < 4.78 is 4.94. The van der Waals surface area contributed by atoms with Gasteiger partial charge in [0.1, 0.15) is 0 Å². The van der Waals surface area contributed by atoms with Crippen LogP contribution in [0.4, 0.5) is 5.69 Å². The number of piperidine rings is 1. The van der Waals surface area contributed by atoms with Crippen molar-refractivity contribution in [2.75, 3.05) is 11.9 Å². The maximum Gasteiger partial charge on any atom is 0.417 e. The number of carbonyl (C=O) groups excluding carboxylic acids is 1. The molecule has 6 nitrogen and oxygen atoms in total. The molecular formula is C15H19N3O3. The van der Waals surface area contributed by atoms with Crippen molar-refractivity contribution in [3.05, 3.63) is 28.7 Å². The fraction of sp³-hybridized carbons (Fsp3) is 0.467. The van der Waals surface area contributed by atoms with Crippen molar-refractivity contribution in [2.24, 2.45) is 5.92 Å². The molecule has 0 bridgehead atoms. The average Bonchev–Trinajstić information content (AvgIpc) is 2.86. The molecule has 1 amide bonds. The van der Waals surface area contributed by atoms with E-state index in [4.69, 9.17) is 4.42 Å². The van der Waals surface area contributed by atoms with E-state index in [1.54, 1.807) is 18.2 Å². The Balaban J connectivity index is 1.71. The topological polar surface area (TPSA) is 87.1 Å². The molecule has 3 N–H and O–H groups in total. The molecule has 2 unspecified atom stereocenters. The lowest BCUT2D eigenvalue weighted by atomic mass is 9.90. The second kappa shape index (κ2) is 5.73. The van der Waals surface area contributed by atoms with Crippen LogP contribution < -0.4 is 16.4 Å². The van der Waals surface area contributed by atoms with E-state index in [9.17, 15) is 9.59 Å².